The second kappa shape index (κ2) is 8.99. The molecule has 0 radical (unpaired) electrons. The lowest BCUT2D eigenvalue weighted by atomic mass is 9.97. The molecule has 0 saturated carbocycles. The van der Waals surface area contributed by atoms with Crippen molar-refractivity contribution in [2.75, 3.05) is 12.4 Å². The highest BCUT2D eigenvalue weighted by Gasteiger charge is 2.44. The van der Waals surface area contributed by atoms with Crippen LogP contribution in [0, 0.1) is 11.6 Å². The van der Waals surface area contributed by atoms with Gasteiger partial charge in [-0.2, -0.15) is 0 Å². The molecule has 1 heterocycles. The average Bonchev–Trinajstić information content (AvgIpc) is 2.89. The van der Waals surface area contributed by atoms with Crippen LogP contribution >= 0.6 is 11.6 Å². The van der Waals surface area contributed by atoms with E-state index in [1.807, 2.05) is 0 Å². The van der Waals surface area contributed by atoms with Gasteiger partial charge in [0.25, 0.3) is 11.8 Å². The highest BCUT2D eigenvalue weighted by molar-refractivity contribution is 6.31. The Labute approximate surface area is 192 Å². The molecule has 2 unspecified atom stereocenters. The summed E-state index contributed by atoms with van der Waals surface area (Å²) in [7, 11) is 1.14. The van der Waals surface area contributed by atoms with Gasteiger partial charge in [0.15, 0.2) is 6.04 Å². The second-order valence-electron chi connectivity index (χ2n) is 7.32. The molecule has 0 aromatic heterocycles. The highest BCUT2D eigenvalue weighted by atomic mass is 35.5. The van der Waals surface area contributed by atoms with Crippen molar-refractivity contribution in [3.05, 3.63) is 100 Å². The van der Waals surface area contributed by atoms with Crippen LogP contribution in [0.25, 0.3) is 0 Å². The number of halogens is 3. The molecule has 0 saturated heterocycles. The van der Waals surface area contributed by atoms with Crippen molar-refractivity contribution in [1.82, 2.24) is 4.90 Å². The second-order valence-corrected chi connectivity index (χ2v) is 7.76. The smallest absolute Gasteiger partial charge is 0.333 e. The first kappa shape index (κ1) is 22.4. The molecule has 3 aromatic carbocycles. The van der Waals surface area contributed by atoms with E-state index in [0.29, 0.717) is 0 Å². The van der Waals surface area contributed by atoms with E-state index in [-0.39, 0.29) is 27.4 Å². The van der Waals surface area contributed by atoms with Crippen LogP contribution in [0.3, 0.4) is 0 Å². The molecule has 0 spiro atoms. The van der Waals surface area contributed by atoms with E-state index < -0.39 is 41.5 Å². The maximum Gasteiger partial charge on any atom is 0.333 e. The maximum absolute atomic E-state index is 13.8. The van der Waals surface area contributed by atoms with Gasteiger partial charge >= 0.3 is 5.97 Å². The third-order valence-electron chi connectivity index (χ3n) is 5.31. The number of hydrogen-bond donors (Lipinski definition) is 1. The van der Waals surface area contributed by atoms with Crippen molar-refractivity contribution < 1.29 is 27.9 Å². The first-order valence-electron chi connectivity index (χ1n) is 9.82. The molecule has 33 heavy (non-hydrogen) atoms. The highest BCUT2D eigenvalue weighted by Crippen LogP contribution is 2.38. The van der Waals surface area contributed by atoms with Crippen LogP contribution in [0.5, 0.6) is 0 Å². The summed E-state index contributed by atoms with van der Waals surface area (Å²) in [5.41, 5.74) is 0.745. The van der Waals surface area contributed by atoms with E-state index in [1.54, 1.807) is 0 Å². The van der Waals surface area contributed by atoms with Crippen LogP contribution in [0.1, 0.15) is 33.6 Å². The summed E-state index contributed by atoms with van der Waals surface area (Å²) in [6.07, 6.45) is 0. The van der Waals surface area contributed by atoms with E-state index in [1.165, 1.54) is 42.5 Å². The normalized spacial score (nSPS) is 16.5. The summed E-state index contributed by atoms with van der Waals surface area (Å²) >= 11 is 6.05. The standard InChI is InChI=1S/C24H17ClF2N2O4/c1-33-24(32)21(14-4-9-17(27)10-5-14)29-20(13-2-7-16(26)8-3-13)22(30)28-19-12-15(25)6-11-18(19)23(29)31/h2-12,20-21H,1H3,(H,28,30). The molecule has 168 valence electrons. The average molecular weight is 471 g/mol. The molecule has 3 aromatic rings. The Morgan fingerprint density at radius 2 is 1.61 bits per heavy atom. The largest absolute Gasteiger partial charge is 0.467 e. The summed E-state index contributed by atoms with van der Waals surface area (Å²) in [6.45, 7) is 0. The molecule has 6 nitrogen and oxygen atoms in total. The number of carbonyl (C=O) groups is 3. The summed E-state index contributed by atoms with van der Waals surface area (Å²) in [5, 5.41) is 2.96. The van der Waals surface area contributed by atoms with Gasteiger partial charge in [-0.15, -0.1) is 0 Å². The third-order valence-corrected chi connectivity index (χ3v) is 5.54. The molecule has 0 aliphatic carbocycles. The number of benzene rings is 3. The number of ether oxygens (including phenoxy) is 1. The lowest BCUT2D eigenvalue weighted by Gasteiger charge is -2.34. The molecule has 4 rings (SSSR count). The molecule has 1 aliphatic heterocycles. The van der Waals surface area contributed by atoms with Gasteiger partial charge in [-0.3, -0.25) is 9.59 Å². The molecule has 0 fully saturated rings. The predicted octanol–water partition coefficient (Wildman–Crippen LogP) is 4.67. The number of amides is 2. The fourth-order valence-corrected chi connectivity index (χ4v) is 3.95. The molecule has 2 amide bonds. The summed E-state index contributed by atoms with van der Waals surface area (Å²) in [6, 6.07) is 11.5. The van der Waals surface area contributed by atoms with E-state index in [2.05, 4.69) is 5.32 Å². The van der Waals surface area contributed by atoms with E-state index in [9.17, 15) is 23.2 Å². The van der Waals surface area contributed by atoms with Crippen molar-refractivity contribution >= 4 is 35.1 Å². The maximum atomic E-state index is 13.8. The van der Waals surface area contributed by atoms with E-state index in [0.717, 1.165) is 36.3 Å². The fraction of sp³-hybridized carbons (Fsp3) is 0.125. The first-order valence-corrected chi connectivity index (χ1v) is 10.2. The fourth-order valence-electron chi connectivity index (χ4n) is 3.78. The summed E-state index contributed by atoms with van der Waals surface area (Å²) < 4.78 is 32.1. The van der Waals surface area contributed by atoms with Gasteiger partial charge in [-0.25, -0.2) is 13.6 Å². The lowest BCUT2D eigenvalue weighted by molar-refractivity contribution is -0.147. The predicted molar refractivity (Wildman–Crippen MR) is 117 cm³/mol. The third kappa shape index (κ3) is 4.29. The Kier molecular flexibility index (Phi) is 6.11. The van der Waals surface area contributed by atoms with Crippen LogP contribution < -0.4 is 5.32 Å². The Balaban J connectivity index is 1.96. The van der Waals surface area contributed by atoms with Gasteiger partial charge in [0.05, 0.1) is 18.4 Å². The SMILES string of the molecule is COC(=O)C(c1ccc(F)cc1)N1C(=O)c2ccc(Cl)cc2NC(=O)C1c1ccc(F)cc1. The minimum absolute atomic E-state index is 0.0911. The Morgan fingerprint density at radius 3 is 2.21 bits per heavy atom. The zero-order valence-electron chi connectivity index (χ0n) is 17.2. The van der Waals surface area contributed by atoms with Crippen molar-refractivity contribution in [2.24, 2.45) is 0 Å². The van der Waals surface area contributed by atoms with Crippen molar-refractivity contribution in [1.29, 1.82) is 0 Å². The number of carbonyl (C=O) groups excluding carboxylic acids is 3. The number of esters is 1. The van der Waals surface area contributed by atoms with Gasteiger partial charge in [-0.1, -0.05) is 35.9 Å². The van der Waals surface area contributed by atoms with Crippen molar-refractivity contribution in [3.63, 3.8) is 0 Å². The Bertz CT molecular complexity index is 1230. The van der Waals surface area contributed by atoms with Gasteiger partial charge in [0.1, 0.15) is 17.7 Å². The monoisotopic (exact) mass is 470 g/mol. The molecule has 9 heteroatoms. The van der Waals surface area contributed by atoms with Crippen LogP contribution in [-0.2, 0) is 14.3 Å². The quantitative estimate of drug-likeness (QED) is 0.562. The van der Waals surface area contributed by atoms with Crippen LogP contribution in [0.4, 0.5) is 14.5 Å². The number of methoxy groups -OCH3 is 1. The Morgan fingerprint density at radius 1 is 1.00 bits per heavy atom. The van der Waals surface area contributed by atoms with Gasteiger partial charge in [0.2, 0.25) is 0 Å². The molecule has 1 aliphatic rings. The minimum atomic E-state index is -1.40. The number of anilines is 1. The minimum Gasteiger partial charge on any atom is -0.467 e. The Hall–Kier alpha value is -3.78. The summed E-state index contributed by atoms with van der Waals surface area (Å²) in [5.74, 6) is -3.24. The van der Waals surface area contributed by atoms with E-state index >= 15 is 0 Å². The number of hydrogen-bond acceptors (Lipinski definition) is 4. The number of nitrogens with zero attached hydrogens (tertiary/aromatic N) is 1. The summed E-state index contributed by atoms with van der Waals surface area (Å²) in [4.78, 5) is 41.1. The molecule has 1 N–H and O–H groups in total. The number of fused-ring (bicyclic) bond motifs is 1. The zero-order chi connectivity index (χ0) is 23.7. The number of nitrogens with one attached hydrogen (secondary N) is 1. The van der Waals surface area contributed by atoms with Crippen LogP contribution in [0.2, 0.25) is 5.02 Å². The van der Waals surface area contributed by atoms with Crippen molar-refractivity contribution in [2.45, 2.75) is 12.1 Å². The molecular formula is C24H17ClF2N2O4. The first-order chi connectivity index (χ1) is 15.8. The van der Waals surface area contributed by atoms with Gasteiger partial charge in [0, 0.05) is 5.02 Å². The molecular weight excluding hydrogens is 454 g/mol. The zero-order valence-corrected chi connectivity index (χ0v) is 18.0. The van der Waals surface area contributed by atoms with Gasteiger partial charge in [-0.05, 0) is 53.6 Å². The van der Waals surface area contributed by atoms with Gasteiger partial charge < -0.3 is 15.0 Å². The molecule has 0 bridgehead atoms. The number of rotatable bonds is 4. The van der Waals surface area contributed by atoms with E-state index in [4.69, 9.17) is 16.3 Å². The van der Waals surface area contributed by atoms with Crippen LogP contribution in [-0.4, -0.2) is 29.8 Å². The molecule has 2 atom stereocenters. The topological polar surface area (TPSA) is 75.7 Å². The lowest BCUT2D eigenvalue weighted by Crippen LogP contribution is -2.44. The van der Waals surface area contributed by atoms with Crippen LogP contribution in [0.15, 0.2) is 66.7 Å². The van der Waals surface area contributed by atoms with Crippen molar-refractivity contribution in [3.8, 4) is 0 Å².